The molecule has 3 aromatic rings. The van der Waals surface area contributed by atoms with Crippen LogP contribution in [0.5, 0.6) is 11.5 Å². The second-order valence-electron chi connectivity index (χ2n) is 7.66. The molecule has 0 atom stereocenters. The van der Waals surface area contributed by atoms with Crippen molar-refractivity contribution in [3.05, 3.63) is 42.6 Å². The summed E-state index contributed by atoms with van der Waals surface area (Å²) in [7, 11) is 3.29. The quantitative estimate of drug-likeness (QED) is 0.515. The fourth-order valence-corrected chi connectivity index (χ4v) is 3.93. The van der Waals surface area contributed by atoms with Gasteiger partial charge in [-0.05, 0) is 44.2 Å². The lowest BCUT2D eigenvalue weighted by Crippen LogP contribution is -2.47. The molecule has 0 spiro atoms. The van der Waals surface area contributed by atoms with Crippen molar-refractivity contribution in [3.8, 4) is 22.9 Å². The Labute approximate surface area is 195 Å². The first-order chi connectivity index (χ1) is 16.2. The number of nitrogens with zero attached hydrogens (tertiary/aromatic N) is 7. The Morgan fingerprint density at radius 3 is 2.27 bits per heavy atom. The van der Waals surface area contributed by atoms with Crippen LogP contribution < -0.4 is 24.2 Å². The second kappa shape index (κ2) is 10.3. The van der Waals surface area contributed by atoms with E-state index in [-0.39, 0.29) is 0 Å². The van der Waals surface area contributed by atoms with Crippen LogP contribution in [-0.2, 0) is 0 Å². The summed E-state index contributed by atoms with van der Waals surface area (Å²) < 4.78 is 11.0. The highest BCUT2D eigenvalue weighted by Crippen LogP contribution is 2.33. The Balaban J connectivity index is 1.68. The molecule has 1 aliphatic heterocycles. The van der Waals surface area contributed by atoms with Crippen molar-refractivity contribution < 1.29 is 9.47 Å². The van der Waals surface area contributed by atoms with Crippen LogP contribution in [0.4, 0.5) is 17.7 Å². The fraction of sp³-hybridized carbons (Fsp3) is 0.417. The number of aromatic nitrogens is 4. The lowest BCUT2D eigenvalue weighted by molar-refractivity contribution is 0.404. The van der Waals surface area contributed by atoms with Crippen LogP contribution in [0.25, 0.3) is 11.4 Å². The van der Waals surface area contributed by atoms with Gasteiger partial charge in [0.1, 0.15) is 17.3 Å². The molecule has 0 unspecified atom stereocenters. The smallest absolute Gasteiger partial charge is 0.230 e. The summed E-state index contributed by atoms with van der Waals surface area (Å²) in [5.74, 6) is 4.33. The van der Waals surface area contributed by atoms with Crippen molar-refractivity contribution in [2.75, 3.05) is 68.2 Å². The highest BCUT2D eigenvalue weighted by Gasteiger charge is 2.23. The molecule has 4 rings (SSSR count). The standard InChI is InChI=1S/C24H31N7O2/c1-5-29(6-2)23-26-22(19-17-18(32-3)10-11-20(19)33-4)27-24(28-23)31-15-13-30(14-16-31)21-9-7-8-12-25-21/h7-12,17H,5-6,13-16H2,1-4H3. The molecule has 0 radical (unpaired) electrons. The first-order valence-electron chi connectivity index (χ1n) is 11.3. The first kappa shape index (κ1) is 22.6. The molecule has 2 aromatic heterocycles. The summed E-state index contributed by atoms with van der Waals surface area (Å²) >= 11 is 0. The minimum Gasteiger partial charge on any atom is -0.497 e. The number of methoxy groups -OCH3 is 2. The maximum Gasteiger partial charge on any atom is 0.230 e. The topological polar surface area (TPSA) is 79.7 Å². The Morgan fingerprint density at radius 2 is 1.64 bits per heavy atom. The largest absolute Gasteiger partial charge is 0.497 e. The van der Waals surface area contributed by atoms with Gasteiger partial charge in [-0.2, -0.15) is 15.0 Å². The van der Waals surface area contributed by atoms with Crippen LogP contribution in [0.3, 0.4) is 0 Å². The average Bonchev–Trinajstić information content (AvgIpc) is 2.89. The number of rotatable bonds is 8. The molecular formula is C24H31N7O2. The third kappa shape index (κ3) is 4.92. The molecule has 3 heterocycles. The van der Waals surface area contributed by atoms with Gasteiger partial charge in [0.2, 0.25) is 11.9 Å². The van der Waals surface area contributed by atoms with Crippen molar-refractivity contribution in [2.24, 2.45) is 0 Å². The minimum absolute atomic E-state index is 0.574. The molecule has 33 heavy (non-hydrogen) atoms. The van der Waals surface area contributed by atoms with E-state index < -0.39 is 0 Å². The van der Waals surface area contributed by atoms with Crippen molar-refractivity contribution in [1.29, 1.82) is 0 Å². The van der Waals surface area contributed by atoms with Crippen molar-refractivity contribution in [2.45, 2.75) is 13.8 Å². The molecule has 0 N–H and O–H groups in total. The van der Waals surface area contributed by atoms with Gasteiger partial charge in [0.05, 0.1) is 19.8 Å². The van der Waals surface area contributed by atoms with E-state index in [2.05, 4.69) is 33.5 Å². The Bertz CT molecular complexity index is 1050. The maximum absolute atomic E-state index is 5.60. The number of benzene rings is 1. The zero-order valence-corrected chi connectivity index (χ0v) is 19.7. The summed E-state index contributed by atoms with van der Waals surface area (Å²) in [5.41, 5.74) is 0.779. The van der Waals surface area contributed by atoms with Crippen LogP contribution in [0.2, 0.25) is 0 Å². The number of hydrogen-bond donors (Lipinski definition) is 0. The van der Waals surface area contributed by atoms with Crippen molar-refractivity contribution in [3.63, 3.8) is 0 Å². The Hall–Kier alpha value is -3.62. The van der Waals surface area contributed by atoms with E-state index in [9.17, 15) is 0 Å². The molecule has 1 aromatic carbocycles. The fourth-order valence-electron chi connectivity index (χ4n) is 3.93. The SMILES string of the molecule is CCN(CC)c1nc(-c2cc(OC)ccc2OC)nc(N2CCN(c3ccccn3)CC2)n1. The molecule has 0 aliphatic carbocycles. The minimum atomic E-state index is 0.574. The summed E-state index contributed by atoms with van der Waals surface area (Å²) in [6.07, 6.45) is 1.83. The third-order valence-electron chi connectivity index (χ3n) is 5.84. The molecule has 1 fully saturated rings. The highest BCUT2D eigenvalue weighted by molar-refractivity contribution is 5.68. The average molecular weight is 450 g/mol. The first-order valence-corrected chi connectivity index (χ1v) is 11.3. The summed E-state index contributed by atoms with van der Waals surface area (Å²) in [6, 6.07) is 11.7. The van der Waals surface area contributed by atoms with E-state index in [1.54, 1.807) is 14.2 Å². The van der Waals surface area contributed by atoms with Crippen LogP contribution >= 0.6 is 0 Å². The van der Waals surface area contributed by atoms with E-state index in [0.29, 0.717) is 23.5 Å². The Kier molecular flexibility index (Phi) is 7.07. The predicted octanol–water partition coefficient (Wildman–Crippen LogP) is 3.12. The van der Waals surface area contributed by atoms with Crippen LogP contribution in [0, 0.1) is 0 Å². The molecule has 1 saturated heterocycles. The summed E-state index contributed by atoms with van der Waals surface area (Å²) in [6.45, 7) is 9.11. The van der Waals surface area contributed by atoms with E-state index >= 15 is 0 Å². The highest BCUT2D eigenvalue weighted by atomic mass is 16.5. The van der Waals surface area contributed by atoms with Crippen molar-refractivity contribution >= 4 is 17.7 Å². The normalized spacial score (nSPS) is 13.7. The molecule has 9 nitrogen and oxygen atoms in total. The number of pyridine rings is 1. The lowest BCUT2D eigenvalue weighted by Gasteiger charge is -2.35. The zero-order chi connectivity index (χ0) is 23.2. The summed E-state index contributed by atoms with van der Waals surface area (Å²) in [4.78, 5) is 25.6. The maximum atomic E-state index is 5.60. The van der Waals surface area contributed by atoms with Gasteiger partial charge in [-0.3, -0.25) is 0 Å². The van der Waals surface area contributed by atoms with Gasteiger partial charge < -0.3 is 24.2 Å². The molecule has 0 amide bonds. The van der Waals surface area contributed by atoms with Crippen molar-refractivity contribution in [1.82, 2.24) is 19.9 Å². The van der Waals surface area contributed by atoms with E-state index in [1.165, 1.54) is 0 Å². The van der Waals surface area contributed by atoms with E-state index in [4.69, 9.17) is 24.4 Å². The number of ether oxygens (including phenoxy) is 2. The van der Waals surface area contributed by atoms with Gasteiger partial charge in [-0.15, -0.1) is 0 Å². The van der Waals surface area contributed by atoms with Gasteiger partial charge in [-0.1, -0.05) is 6.07 Å². The molecule has 0 saturated carbocycles. The van der Waals surface area contributed by atoms with E-state index in [0.717, 1.165) is 56.4 Å². The number of anilines is 3. The van der Waals surface area contributed by atoms with Crippen LogP contribution in [0.15, 0.2) is 42.6 Å². The second-order valence-corrected chi connectivity index (χ2v) is 7.66. The van der Waals surface area contributed by atoms with E-state index in [1.807, 2.05) is 42.6 Å². The van der Waals surface area contributed by atoms with Gasteiger partial charge >= 0.3 is 0 Å². The molecule has 1 aliphatic rings. The summed E-state index contributed by atoms with van der Waals surface area (Å²) in [5, 5.41) is 0. The van der Waals surface area contributed by atoms with Gasteiger partial charge in [-0.25, -0.2) is 4.98 Å². The number of hydrogen-bond acceptors (Lipinski definition) is 9. The van der Waals surface area contributed by atoms with Gasteiger partial charge in [0.25, 0.3) is 0 Å². The van der Waals surface area contributed by atoms with Crippen LogP contribution in [0.1, 0.15) is 13.8 Å². The molecule has 9 heteroatoms. The monoisotopic (exact) mass is 449 g/mol. The predicted molar refractivity (Wildman–Crippen MR) is 131 cm³/mol. The Morgan fingerprint density at radius 1 is 0.879 bits per heavy atom. The third-order valence-corrected chi connectivity index (χ3v) is 5.84. The van der Waals surface area contributed by atoms with Crippen LogP contribution in [-0.4, -0.2) is 73.4 Å². The molecule has 174 valence electrons. The molecular weight excluding hydrogens is 418 g/mol. The van der Waals surface area contributed by atoms with Gasteiger partial charge in [0.15, 0.2) is 5.82 Å². The molecule has 0 bridgehead atoms. The lowest BCUT2D eigenvalue weighted by atomic mass is 10.1. The number of piperazine rings is 1. The van der Waals surface area contributed by atoms with Gasteiger partial charge in [0, 0.05) is 45.5 Å². The zero-order valence-electron chi connectivity index (χ0n) is 19.7.